The van der Waals surface area contributed by atoms with Gasteiger partial charge in [-0.15, -0.1) is 0 Å². The van der Waals surface area contributed by atoms with Crippen LogP contribution in [0.1, 0.15) is 0 Å². The average Bonchev–Trinajstić information content (AvgIpc) is 2.01. The molecule has 0 saturated carbocycles. The van der Waals surface area contributed by atoms with Crippen LogP contribution < -0.4 is 10.1 Å². The molecule has 2 rings (SSSR count). The highest BCUT2D eigenvalue weighted by Gasteiger charge is 2.16. The number of hydrogen-bond acceptors (Lipinski definition) is 2. The second-order valence-corrected chi connectivity index (χ2v) is 3.29. The third-order valence-electron chi connectivity index (χ3n) is 2.15. The molecule has 1 fully saturated rings. The van der Waals surface area contributed by atoms with Gasteiger partial charge in [-0.05, 0) is 12.1 Å². The van der Waals surface area contributed by atoms with Crippen molar-refractivity contribution in [1.29, 1.82) is 0 Å². The van der Waals surface area contributed by atoms with Crippen molar-refractivity contribution in [3.8, 4) is 5.75 Å². The van der Waals surface area contributed by atoms with Gasteiger partial charge in [0.25, 0.3) is 0 Å². The van der Waals surface area contributed by atoms with E-state index in [4.69, 9.17) is 4.74 Å². The van der Waals surface area contributed by atoms with Crippen molar-refractivity contribution >= 4 is 0 Å². The average molecular weight is 181 g/mol. The molecule has 2 nitrogen and oxygen atoms in total. The van der Waals surface area contributed by atoms with E-state index in [9.17, 15) is 4.39 Å². The van der Waals surface area contributed by atoms with Crippen molar-refractivity contribution in [3.63, 3.8) is 0 Å². The van der Waals surface area contributed by atoms with Crippen LogP contribution in [-0.4, -0.2) is 19.7 Å². The minimum absolute atomic E-state index is 0.246. The van der Waals surface area contributed by atoms with Crippen LogP contribution in [-0.2, 0) is 0 Å². The summed E-state index contributed by atoms with van der Waals surface area (Å²) < 4.78 is 18.1. The molecular weight excluding hydrogens is 169 g/mol. The van der Waals surface area contributed by atoms with Gasteiger partial charge in [0.05, 0.1) is 6.61 Å². The highest BCUT2D eigenvalue weighted by atomic mass is 19.1. The molecule has 0 unspecified atom stereocenters. The molecule has 13 heavy (non-hydrogen) atoms. The minimum Gasteiger partial charge on any atom is -0.493 e. The molecule has 70 valence electrons. The van der Waals surface area contributed by atoms with Gasteiger partial charge in [-0.1, -0.05) is 6.07 Å². The molecule has 1 saturated heterocycles. The van der Waals surface area contributed by atoms with E-state index in [2.05, 4.69) is 5.32 Å². The summed E-state index contributed by atoms with van der Waals surface area (Å²) in [5.74, 6) is 0.958. The zero-order valence-corrected chi connectivity index (χ0v) is 7.29. The van der Waals surface area contributed by atoms with E-state index in [0.717, 1.165) is 13.1 Å². The second-order valence-electron chi connectivity index (χ2n) is 3.29. The fraction of sp³-hybridized carbons (Fsp3) is 0.400. The van der Waals surface area contributed by atoms with E-state index in [0.29, 0.717) is 18.3 Å². The lowest BCUT2D eigenvalue weighted by atomic mass is 10.1. The maximum absolute atomic E-state index is 12.7. The molecule has 1 aromatic carbocycles. The SMILES string of the molecule is Fc1cccc(OCC2CNC2)c1. The molecule has 0 spiro atoms. The topological polar surface area (TPSA) is 21.3 Å². The van der Waals surface area contributed by atoms with Crippen molar-refractivity contribution in [2.75, 3.05) is 19.7 Å². The number of hydrogen-bond donors (Lipinski definition) is 1. The Morgan fingerprint density at radius 1 is 1.46 bits per heavy atom. The third-order valence-corrected chi connectivity index (χ3v) is 2.15. The number of rotatable bonds is 3. The van der Waals surface area contributed by atoms with E-state index in [-0.39, 0.29) is 5.82 Å². The molecule has 0 bridgehead atoms. The van der Waals surface area contributed by atoms with Gasteiger partial charge in [0, 0.05) is 25.1 Å². The van der Waals surface area contributed by atoms with Gasteiger partial charge in [-0.2, -0.15) is 0 Å². The van der Waals surface area contributed by atoms with Crippen molar-refractivity contribution in [3.05, 3.63) is 30.1 Å². The minimum atomic E-state index is -0.246. The first-order chi connectivity index (χ1) is 6.34. The summed E-state index contributed by atoms with van der Waals surface area (Å²) in [6, 6.07) is 6.25. The standard InChI is InChI=1S/C10H12FNO/c11-9-2-1-3-10(4-9)13-7-8-5-12-6-8/h1-4,8,12H,5-7H2. The van der Waals surface area contributed by atoms with E-state index >= 15 is 0 Å². The molecular formula is C10H12FNO. The van der Waals surface area contributed by atoms with Crippen LogP contribution in [0.25, 0.3) is 0 Å². The highest BCUT2D eigenvalue weighted by molar-refractivity contribution is 5.22. The summed E-state index contributed by atoms with van der Waals surface area (Å²) in [5, 5.41) is 3.15. The van der Waals surface area contributed by atoms with Gasteiger partial charge in [-0.3, -0.25) is 0 Å². The van der Waals surface area contributed by atoms with Crippen LogP contribution in [0.4, 0.5) is 4.39 Å². The number of nitrogens with one attached hydrogen (secondary N) is 1. The summed E-state index contributed by atoms with van der Waals surface area (Å²) in [4.78, 5) is 0. The van der Waals surface area contributed by atoms with Crippen molar-refractivity contribution < 1.29 is 9.13 Å². The Kier molecular flexibility index (Phi) is 2.45. The number of halogens is 1. The number of benzene rings is 1. The summed E-state index contributed by atoms with van der Waals surface area (Å²) in [6.07, 6.45) is 0. The molecule has 0 aliphatic carbocycles. The maximum Gasteiger partial charge on any atom is 0.126 e. The van der Waals surface area contributed by atoms with Gasteiger partial charge in [-0.25, -0.2) is 4.39 Å². The first kappa shape index (κ1) is 8.51. The largest absolute Gasteiger partial charge is 0.493 e. The second kappa shape index (κ2) is 3.75. The lowest BCUT2D eigenvalue weighted by Crippen LogP contribution is -2.45. The smallest absolute Gasteiger partial charge is 0.126 e. The first-order valence-electron chi connectivity index (χ1n) is 4.44. The third kappa shape index (κ3) is 2.18. The fourth-order valence-corrected chi connectivity index (χ4v) is 1.24. The zero-order valence-electron chi connectivity index (χ0n) is 7.29. The fourth-order valence-electron chi connectivity index (χ4n) is 1.24. The van der Waals surface area contributed by atoms with Crippen LogP contribution in [0, 0.1) is 11.7 Å². The Labute approximate surface area is 76.7 Å². The predicted octanol–water partition coefficient (Wildman–Crippen LogP) is 1.42. The molecule has 1 aliphatic rings. The van der Waals surface area contributed by atoms with Gasteiger partial charge in [0.1, 0.15) is 11.6 Å². The predicted molar refractivity (Wildman–Crippen MR) is 48.3 cm³/mol. The van der Waals surface area contributed by atoms with Crippen LogP contribution in [0.5, 0.6) is 5.75 Å². The Hall–Kier alpha value is -1.09. The van der Waals surface area contributed by atoms with E-state index in [1.54, 1.807) is 12.1 Å². The molecule has 0 amide bonds. The zero-order chi connectivity index (χ0) is 9.10. The lowest BCUT2D eigenvalue weighted by molar-refractivity contribution is 0.198. The van der Waals surface area contributed by atoms with Gasteiger partial charge >= 0.3 is 0 Å². The highest BCUT2D eigenvalue weighted by Crippen LogP contribution is 2.13. The molecule has 0 aromatic heterocycles. The first-order valence-corrected chi connectivity index (χ1v) is 4.44. The molecule has 0 atom stereocenters. The molecule has 1 aliphatic heterocycles. The summed E-state index contributed by atoms with van der Waals surface area (Å²) in [6.45, 7) is 2.70. The normalized spacial score (nSPS) is 16.7. The Bertz CT molecular complexity index is 286. The lowest BCUT2D eigenvalue weighted by Gasteiger charge is -2.26. The summed E-state index contributed by atoms with van der Waals surface area (Å²) >= 11 is 0. The van der Waals surface area contributed by atoms with E-state index in [1.807, 2.05) is 0 Å². The molecule has 3 heteroatoms. The van der Waals surface area contributed by atoms with Crippen molar-refractivity contribution in [1.82, 2.24) is 5.32 Å². The Morgan fingerprint density at radius 3 is 2.92 bits per heavy atom. The van der Waals surface area contributed by atoms with Crippen molar-refractivity contribution in [2.45, 2.75) is 0 Å². The van der Waals surface area contributed by atoms with Crippen LogP contribution in [0.15, 0.2) is 24.3 Å². The Morgan fingerprint density at radius 2 is 2.31 bits per heavy atom. The van der Waals surface area contributed by atoms with Crippen LogP contribution in [0.2, 0.25) is 0 Å². The quantitative estimate of drug-likeness (QED) is 0.761. The van der Waals surface area contributed by atoms with E-state index in [1.165, 1.54) is 12.1 Å². The summed E-state index contributed by atoms with van der Waals surface area (Å²) in [7, 11) is 0. The van der Waals surface area contributed by atoms with Crippen LogP contribution >= 0.6 is 0 Å². The van der Waals surface area contributed by atoms with Gasteiger partial charge < -0.3 is 10.1 Å². The maximum atomic E-state index is 12.7. The molecule has 1 aromatic rings. The van der Waals surface area contributed by atoms with E-state index < -0.39 is 0 Å². The van der Waals surface area contributed by atoms with Crippen molar-refractivity contribution in [2.24, 2.45) is 5.92 Å². The van der Waals surface area contributed by atoms with Gasteiger partial charge in [0.2, 0.25) is 0 Å². The number of ether oxygens (including phenoxy) is 1. The van der Waals surface area contributed by atoms with Crippen LogP contribution in [0.3, 0.4) is 0 Å². The van der Waals surface area contributed by atoms with Gasteiger partial charge in [0.15, 0.2) is 0 Å². The summed E-state index contributed by atoms with van der Waals surface area (Å²) in [5.41, 5.74) is 0. The Balaban J connectivity index is 1.86. The monoisotopic (exact) mass is 181 g/mol. The molecule has 0 radical (unpaired) electrons. The molecule has 1 heterocycles. The molecule has 1 N–H and O–H groups in total.